The summed E-state index contributed by atoms with van der Waals surface area (Å²) < 4.78 is 0. The summed E-state index contributed by atoms with van der Waals surface area (Å²) in [5, 5.41) is 9.42. The Kier molecular flexibility index (Phi) is 3.42. The first kappa shape index (κ1) is 13.3. The van der Waals surface area contributed by atoms with Crippen LogP contribution in [0.1, 0.15) is 36.5 Å². The van der Waals surface area contributed by atoms with Gasteiger partial charge >= 0.3 is 5.97 Å². The molecule has 1 unspecified atom stereocenters. The first-order valence-electron chi connectivity index (χ1n) is 6.25. The first-order chi connectivity index (χ1) is 9.01. The molecular weight excluding hydrogens is 248 g/mol. The predicted molar refractivity (Wildman–Crippen MR) is 68.0 cm³/mol. The normalized spacial score (nSPS) is 22.5. The van der Waals surface area contributed by atoms with Crippen LogP contribution in [0.25, 0.3) is 0 Å². The van der Waals surface area contributed by atoms with E-state index in [1.165, 1.54) is 23.2 Å². The number of amides is 1. The van der Waals surface area contributed by atoms with Crippen LogP contribution in [0, 0.1) is 0 Å². The van der Waals surface area contributed by atoms with Gasteiger partial charge in [0.2, 0.25) is 5.56 Å². The van der Waals surface area contributed by atoms with Crippen molar-refractivity contribution in [3.63, 3.8) is 0 Å². The van der Waals surface area contributed by atoms with E-state index in [-0.39, 0.29) is 11.5 Å². The number of nitrogens with zero attached hydrogens (tertiary/aromatic N) is 1. The van der Waals surface area contributed by atoms with E-state index in [0.29, 0.717) is 31.4 Å². The molecule has 1 saturated heterocycles. The number of hydrogen-bond donors (Lipinski definition) is 2. The number of carboxylic acids is 1. The highest BCUT2D eigenvalue weighted by Gasteiger charge is 2.48. The number of likely N-dealkylation sites (tertiary alicyclic amines) is 1. The molecule has 1 fully saturated rings. The molecule has 6 heteroatoms. The van der Waals surface area contributed by atoms with Gasteiger partial charge in [0.05, 0.1) is 5.56 Å². The molecule has 2 N–H and O–H groups in total. The second kappa shape index (κ2) is 4.87. The van der Waals surface area contributed by atoms with Crippen molar-refractivity contribution >= 4 is 11.9 Å². The average molecular weight is 264 g/mol. The zero-order chi connectivity index (χ0) is 14.0. The molecule has 2 rings (SSSR count). The van der Waals surface area contributed by atoms with Gasteiger partial charge in [-0.05, 0) is 25.3 Å². The molecule has 1 amide bonds. The van der Waals surface area contributed by atoms with Crippen molar-refractivity contribution in [2.24, 2.45) is 0 Å². The number of rotatable bonds is 3. The van der Waals surface area contributed by atoms with Crippen LogP contribution in [0.5, 0.6) is 0 Å². The summed E-state index contributed by atoms with van der Waals surface area (Å²) >= 11 is 0. The smallest absolute Gasteiger partial charge is 0.329 e. The van der Waals surface area contributed by atoms with Crippen molar-refractivity contribution < 1.29 is 14.7 Å². The van der Waals surface area contributed by atoms with E-state index >= 15 is 0 Å². The number of aromatic amines is 1. The van der Waals surface area contributed by atoms with Gasteiger partial charge in [0.15, 0.2) is 0 Å². The molecule has 0 spiro atoms. The lowest BCUT2D eigenvalue weighted by atomic mass is 9.92. The lowest BCUT2D eigenvalue weighted by molar-refractivity contribution is -0.148. The fourth-order valence-electron chi connectivity index (χ4n) is 2.62. The quantitative estimate of drug-likeness (QED) is 0.846. The van der Waals surface area contributed by atoms with Gasteiger partial charge < -0.3 is 15.0 Å². The van der Waals surface area contributed by atoms with Crippen molar-refractivity contribution in [3.05, 3.63) is 34.2 Å². The molecule has 0 aromatic carbocycles. The summed E-state index contributed by atoms with van der Waals surface area (Å²) in [6, 6.07) is 2.68. The molecule has 0 bridgehead atoms. The van der Waals surface area contributed by atoms with Crippen molar-refractivity contribution in [2.75, 3.05) is 6.54 Å². The molecule has 1 aromatic heterocycles. The van der Waals surface area contributed by atoms with Crippen molar-refractivity contribution in [1.29, 1.82) is 0 Å². The summed E-state index contributed by atoms with van der Waals surface area (Å²) in [4.78, 5) is 38.7. The SMILES string of the molecule is CCC1(C(=O)O)CCCN1C(=O)c1ccc(=O)[nH]c1. The molecule has 1 aliphatic heterocycles. The van der Waals surface area contributed by atoms with Crippen molar-refractivity contribution in [1.82, 2.24) is 9.88 Å². The highest BCUT2D eigenvalue weighted by Crippen LogP contribution is 2.33. The summed E-state index contributed by atoms with van der Waals surface area (Å²) in [6.45, 7) is 2.20. The van der Waals surface area contributed by atoms with E-state index in [1.807, 2.05) is 0 Å². The molecule has 1 aliphatic rings. The highest BCUT2D eigenvalue weighted by molar-refractivity contribution is 5.98. The number of carbonyl (C=O) groups is 2. The number of aromatic nitrogens is 1. The summed E-state index contributed by atoms with van der Waals surface area (Å²) in [7, 11) is 0. The molecule has 6 nitrogen and oxygen atoms in total. The largest absolute Gasteiger partial charge is 0.479 e. The highest BCUT2D eigenvalue weighted by atomic mass is 16.4. The standard InChI is InChI=1S/C13H16N2O4/c1-2-13(12(18)19)6-3-7-15(13)11(17)9-4-5-10(16)14-8-9/h4-5,8H,2-3,6-7H2,1H3,(H,14,16)(H,18,19). The maximum atomic E-state index is 12.4. The van der Waals surface area contributed by atoms with E-state index in [1.54, 1.807) is 6.92 Å². The van der Waals surface area contributed by atoms with Gasteiger partial charge in [0.25, 0.3) is 5.91 Å². The molecule has 0 saturated carbocycles. The lowest BCUT2D eigenvalue weighted by Crippen LogP contribution is -2.52. The topological polar surface area (TPSA) is 90.5 Å². The van der Waals surface area contributed by atoms with Crippen LogP contribution >= 0.6 is 0 Å². The Balaban J connectivity index is 2.35. The summed E-state index contributed by atoms with van der Waals surface area (Å²) in [5.74, 6) is -1.32. The third-order valence-corrected chi connectivity index (χ3v) is 3.75. The maximum absolute atomic E-state index is 12.4. The Hall–Kier alpha value is -2.11. The Bertz CT molecular complexity index is 546. The molecule has 2 heterocycles. The van der Waals surface area contributed by atoms with E-state index in [4.69, 9.17) is 0 Å². The fourth-order valence-corrected chi connectivity index (χ4v) is 2.62. The zero-order valence-corrected chi connectivity index (χ0v) is 10.7. The Morgan fingerprint density at radius 1 is 1.47 bits per heavy atom. The number of hydrogen-bond acceptors (Lipinski definition) is 3. The second-order valence-electron chi connectivity index (χ2n) is 4.69. The number of carboxylic acid groups (broad SMARTS) is 1. The minimum Gasteiger partial charge on any atom is -0.479 e. The Morgan fingerprint density at radius 2 is 2.21 bits per heavy atom. The number of aliphatic carboxylic acids is 1. The molecule has 0 radical (unpaired) electrons. The van der Waals surface area contributed by atoms with Gasteiger partial charge in [-0.2, -0.15) is 0 Å². The molecular formula is C13H16N2O4. The van der Waals surface area contributed by atoms with Crippen molar-refractivity contribution in [3.8, 4) is 0 Å². The maximum Gasteiger partial charge on any atom is 0.329 e. The lowest BCUT2D eigenvalue weighted by Gasteiger charge is -2.33. The van der Waals surface area contributed by atoms with Gasteiger partial charge in [-0.1, -0.05) is 6.92 Å². The van der Waals surface area contributed by atoms with E-state index in [0.717, 1.165) is 0 Å². The van der Waals surface area contributed by atoms with Crippen LogP contribution in [-0.4, -0.2) is 39.0 Å². The monoisotopic (exact) mass is 264 g/mol. The van der Waals surface area contributed by atoms with Crippen LogP contribution in [0.2, 0.25) is 0 Å². The van der Waals surface area contributed by atoms with Gasteiger partial charge in [0.1, 0.15) is 5.54 Å². The van der Waals surface area contributed by atoms with E-state index in [2.05, 4.69) is 4.98 Å². The molecule has 1 atom stereocenters. The van der Waals surface area contributed by atoms with Crippen LogP contribution in [0.3, 0.4) is 0 Å². The Morgan fingerprint density at radius 3 is 2.74 bits per heavy atom. The summed E-state index contributed by atoms with van der Waals surface area (Å²) in [6.07, 6.45) is 2.84. The molecule has 102 valence electrons. The van der Waals surface area contributed by atoms with Gasteiger partial charge in [-0.3, -0.25) is 9.59 Å². The number of H-pyrrole nitrogens is 1. The van der Waals surface area contributed by atoms with Crippen molar-refractivity contribution in [2.45, 2.75) is 31.7 Å². The number of nitrogens with one attached hydrogen (secondary N) is 1. The third kappa shape index (κ3) is 2.14. The molecule has 0 aliphatic carbocycles. The fraction of sp³-hybridized carbons (Fsp3) is 0.462. The third-order valence-electron chi connectivity index (χ3n) is 3.75. The number of carbonyl (C=O) groups excluding carboxylic acids is 1. The van der Waals surface area contributed by atoms with E-state index in [9.17, 15) is 19.5 Å². The predicted octanol–water partition coefficient (Wildman–Crippen LogP) is 0.844. The van der Waals surface area contributed by atoms with Gasteiger partial charge in [-0.15, -0.1) is 0 Å². The Labute approximate surface area is 110 Å². The minimum atomic E-state index is -1.12. The molecule has 19 heavy (non-hydrogen) atoms. The average Bonchev–Trinajstić information content (AvgIpc) is 2.83. The van der Waals surface area contributed by atoms with Crippen LogP contribution in [0.15, 0.2) is 23.1 Å². The van der Waals surface area contributed by atoms with Crippen LogP contribution < -0.4 is 5.56 Å². The van der Waals surface area contributed by atoms with Crippen LogP contribution in [-0.2, 0) is 4.79 Å². The van der Waals surface area contributed by atoms with Gasteiger partial charge in [0, 0.05) is 18.8 Å². The van der Waals surface area contributed by atoms with E-state index < -0.39 is 11.5 Å². The zero-order valence-electron chi connectivity index (χ0n) is 10.7. The summed E-state index contributed by atoms with van der Waals surface area (Å²) in [5.41, 5.74) is -1.11. The number of pyridine rings is 1. The molecule has 1 aromatic rings. The first-order valence-corrected chi connectivity index (χ1v) is 6.25. The van der Waals surface area contributed by atoms with Crippen LogP contribution in [0.4, 0.5) is 0 Å². The van der Waals surface area contributed by atoms with Gasteiger partial charge in [-0.25, -0.2) is 4.79 Å². The second-order valence-corrected chi connectivity index (χ2v) is 4.69. The minimum absolute atomic E-state index is 0.294.